The first-order valence-corrected chi connectivity index (χ1v) is 5.93. The van der Waals surface area contributed by atoms with Crippen molar-refractivity contribution in [2.45, 2.75) is 13.5 Å². The maximum atomic E-state index is 13.8. The first-order valence-electron chi connectivity index (χ1n) is 5.93. The van der Waals surface area contributed by atoms with Crippen LogP contribution in [0.1, 0.15) is 21.7 Å². The number of aryl methyl sites for hydroxylation is 1. The highest BCUT2D eigenvalue weighted by molar-refractivity contribution is 5.95. The topological polar surface area (TPSA) is 59.5 Å². The Morgan fingerprint density at radius 1 is 1.40 bits per heavy atom. The number of rotatable bonds is 3. The van der Waals surface area contributed by atoms with Gasteiger partial charge in [0.15, 0.2) is 5.82 Å². The summed E-state index contributed by atoms with van der Waals surface area (Å²) in [5.74, 6) is -1.63. The Morgan fingerprint density at radius 2 is 2.10 bits per heavy atom. The van der Waals surface area contributed by atoms with Crippen molar-refractivity contribution < 1.29 is 18.0 Å². The molecule has 6 heteroatoms. The second-order valence-electron chi connectivity index (χ2n) is 4.52. The number of nitrogens with two attached hydrogens (primary N) is 1. The molecule has 2 aromatic rings. The third-order valence-electron chi connectivity index (χ3n) is 3.02. The van der Waals surface area contributed by atoms with Gasteiger partial charge in [-0.1, -0.05) is 0 Å². The summed E-state index contributed by atoms with van der Waals surface area (Å²) in [5, 5.41) is 0. The number of carbonyl (C=O) groups is 1. The van der Waals surface area contributed by atoms with Crippen LogP contribution in [-0.4, -0.2) is 17.9 Å². The maximum absolute atomic E-state index is 13.8. The van der Waals surface area contributed by atoms with Crippen molar-refractivity contribution in [1.29, 1.82) is 0 Å². The van der Waals surface area contributed by atoms with E-state index >= 15 is 0 Å². The van der Waals surface area contributed by atoms with Crippen LogP contribution < -0.4 is 5.73 Å². The number of carbonyl (C=O) groups excluding carboxylic acids is 1. The molecule has 0 unspecified atom stereocenters. The Kier molecular flexibility index (Phi) is 3.74. The Balaban J connectivity index is 2.25. The summed E-state index contributed by atoms with van der Waals surface area (Å²) in [6.45, 7) is 1.99. The number of anilines is 1. The standard InChI is InChI=1S/C14H14F2N2O2/c1-8-9(3-4-20-8)7-18(2)14(19)11-5-10(15)6-12(17)13(11)16/h3-6H,7,17H2,1-2H3. The highest BCUT2D eigenvalue weighted by Crippen LogP contribution is 2.20. The van der Waals surface area contributed by atoms with Gasteiger partial charge in [0.2, 0.25) is 0 Å². The number of amides is 1. The lowest BCUT2D eigenvalue weighted by molar-refractivity contribution is 0.0779. The largest absolute Gasteiger partial charge is 0.469 e. The molecule has 0 radical (unpaired) electrons. The second kappa shape index (κ2) is 5.32. The molecule has 0 fully saturated rings. The fourth-order valence-corrected chi connectivity index (χ4v) is 1.87. The molecule has 0 aliphatic rings. The first kappa shape index (κ1) is 14.0. The number of nitrogen functional groups attached to an aromatic ring is 1. The number of hydrogen-bond donors (Lipinski definition) is 1. The molecule has 0 saturated heterocycles. The van der Waals surface area contributed by atoms with Gasteiger partial charge >= 0.3 is 0 Å². The highest BCUT2D eigenvalue weighted by Gasteiger charge is 2.20. The van der Waals surface area contributed by atoms with E-state index in [2.05, 4.69) is 0 Å². The van der Waals surface area contributed by atoms with E-state index in [-0.39, 0.29) is 17.8 Å². The van der Waals surface area contributed by atoms with Gasteiger partial charge in [0.1, 0.15) is 11.6 Å². The third kappa shape index (κ3) is 2.64. The van der Waals surface area contributed by atoms with E-state index in [1.165, 1.54) is 18.2 Å². The molecule has 20 heavy (non-hydrogen) atoms. The van der Waals surface area contributed by atoms with Crippen molar-refractivity contribution in [2.24, 2.45) is 0 Å². The van der Waals surface area contributed by atoms with E-state index in [9.17, 15) is 13.6 Å². The van der Waals surface area contributed by atoms with Crippen LogP contribution in [0.3, 0.4) is 0 Å². The molecule has 0 aliphatic carbocycles. The molecule has 0 spiro atoms. The molecule has 0 atom stereocenters. The summed E-state index contributed by atoms with van der Waals surface area (Å²) in [7, 11) is 1.50. The van der Waals surface area contributed by atoms with Crippen LogP contribution in [0.4, 0.5) is 14.5 Å². The SMILES string of the molecule is Cc1occc1CN(C)C(=O)c1cc(F)cc(N)c1F. The number of nitrogens with zero attached hydrogens (tertiary/aromatic N) is 1. The predicted molar refractivity (Wildman–Crippen MR) is 70.0 cm³/mol. The average Bonchev–Trinajstić information content (AvgIpc) is 2.78. The van der Waals surface area contributed by atoms with E-state index in [4.69, 9.17) is 10.2 Å². The molecule has 2 N–H and O–H groups in total. The fraction of sp³-hybridized carbons (Fsp3) is 0.214. The summed E-state index contributed by atoms with van der Waals surface area (Å²) >= 11 is 0. The van der Waals surface area contributed by atoms with Gasteiger partial charge in [0.05, 0.1) is 17.5 Å². The van der Waals surface area contributed by atoms with E-state index in [0.29, 0.717) is 5.76 Å². The Hall–Kier alpha value is -2.37. The summed E-state index contributed by atoms with van der Waals surface area (Å²) in [6, 6.07) is 3.40. The van der Waals surface area contributed by atoms with Crippen LogP contribution in [0.25, 0.3) is 0 Å². The average molecular weight is 280 g/mol. The molecule has 1 aromatic heterocycles. The van der Waals surface area contributed by atoms with Gasteiger partial charge in [-0.3, -0.25) is 4.79 Å². The molecule has 1 heterocycles. The molecular weight excluding hydrogens is 266 g/mol. The fourth-order valence-electron chi connectivity index (χ4n) is 1.87. The van der Waals surface area contributed by atoms with Crippen molar-refractivity contribution in [3.8, 4) is 0 Å². The van der Waals surface area contributed by atoms with Crippen LogP contribution in [0, 0.1) is 18.6 Å². The zero-order valence-electron chi connectivity index (χ0n) is 11.1. The lowest BCUT2D eigenvalue weighted by Gasteiger charge is -2.17. The third-order valence-corrected chi connectivity index (χ3v) is 3.02. The first-order chi connectivity index (χ1) is 9.40. The van der Waals surface area contributed by atoms with E-state index in [1.807, 2.05) is 0 Å². The molecule has 2 rings (SSSR count). The highest BCUT2D eigenvalue weighted by atomic mass is 19.1. The lowest BCUT2D eigenvalue weighted by atomic mass is 10.1. The van der Waals surface area contributed by atoms with Crippen molar-refractivity contribution >= 4 is 11.6 Å². The van der Waals surface area contributed by atoms with E-state index in [1.54, 1.807) is 13.0 Å². The second-order valence-corrected chi connectivity index (χ2v) is 4.52. The van der Waals surface area contributed by atoms with Crippen molar-refractivity contribution in [3.05, 3.63) is 53.0 Å². The minimum atomic E-state index is -0.910. The summed E-state index contributed by atoms with van der Waals surface area (Å²) in [6.07, 6.45) is 1.50. The zero-order valence-corrected chi connectivity index (χ0v) is 11.1. The van der Waals surface area contributed by atoms with Gasteiger partial charge in [-0.2, -0.15) is 0 Å². The minimum absolute atomic E-state index is 0.233. The molecular formula is C14H14F2N2O2. The van der Waals surface area contributed by atoms with Gasteiger partial charge in [0, 0.05) is 19.2 Å². The quantitative estimate of drug-likeness (QED) is 0.879. The van der Waals surface area contributed by atoms with Gasteiger partial charge in [-0.25, -0.2) is 8.78 Å². The van der Waals surface area contributed by atoms with Crippen LogP contribution in [0.2, 0.25) is 0 Å². The number of halogens is 2. The van der Waals surface area contributed by atoms with Crippen molar-refractivity contribution in [2.75, 3.05) is 12.8 Å². The molecule has 0 saturated carbocycles. The van der Waals surface area contributed by atoms with Crippen LogP contribution in [0.5, 0.6) is 0 Å². The van der Waals surface area contributed by atoms with Crippen molar-refractivity contribution in [3.63, 3.8) is 0 Å². The normalized spacial score (nSPS) is 10.6. The summed E-state index contributed by atoms with van der Waals surface area (Å²) in [4.78, 5) is 13.4. The monoisotopic (exact) mass is 280 g/mol. The van der Waals surface area contributed by atoms with E-state index in [0.717, 1.165) is 17.7 Å². The molecule has 4 nitrogen and oxygen atoms in total. The molecule has 1 amide bonds. The predicted octanol–water partition coefficient (Wildman–Crippen LogP) is 2.72. The van der Waals surface area contributed by atoms with Crippen LogP contribution in [-0.2, 0) is 6.54 Å². The van der Waals surface area contributed by atoms with Crippen LogP contribution >= 0.6 is 0 Å². The summed E-state index contributed by atoms with van der Waals surface area (Å²) in [5.41, 5.74) is 5.34. The smallest absolute Gasteiger partial charge is 0.257 e. The van der Waals surface area contributed by atoms with Gasteiger partial charge in [-0.05, 0) is 25.1 Å². The zero-order chi connectivity index (χ0) is 14.9. The Bertz CT molecular complexity index is 653. The lowest BCUT2D eigenvalue weighted by Crippen LogP contribution is -2.27. The number of hydrogen-bond acceptors (Lipinski definition) is 3. The van der Waals surface area contributed by atoms with Gasteiger partial charge < -0.3 is 15.1 Å². The molecule has 0 aliphatic heterocycles. The Morgan fingerprint density at radius 3 is 2.70 bits per heavy atom. The van der Waals surface area contributed by atoms with E-state index < -0.39 is 17.5 Å². The van der Waals surface area contributed by atoms with Gasteiger partial charge in [-0.15, -0.1) is 0 Å². The molecule has 0 bridgehead atoms. The minimum Gasteiger partial charge on any atom is -0.469 e. The van der Waals surface area contributed by atoms with Crippen molar-refractivity contribution in [1.82, 2.24) is 4.90 Å². The number of benzene rings is 1. The number of furan rings is 1. The van der Waals surface area contributed by atoms with Crippen LogP contribution in [0.15, 0.2) is 28.9 Å². The maximum Gasteiger partial charge on any atom is 0.257 e. The van der Waals surface area contributed by atoms with Gasteiger partial charge in [0.25, 0.3) is 5.91 Å². The molecule has 1 aromatic carbocycles. The summed E-state index contributed by atoms with van der Waals surface area (Å²) < 4.78 is 32.2. The molecule has 106 valence electrons. The Labute approximate surface area is 114 Å².